The molecule has 112 valence electrons. The lowest BCUT2D eigenvalue weighted by atomic mass is 10.1. The minimum absolute atomic E-state index is 0.000383. The van der Waals surface area contributed by atoms with E-state index in [1.54, 1.807) is 16.8 Å². The van der Waals surface area contributed by atoms with Crippen LogP contribution in [-0.2, 0) is 11.3 Å². The molecule has 0 saturated carbocycles. The SMILES string of the molecule is COC(=O)c1cc2nn(-c3ccc(CO)cc3)cc2cc1N. The second-order valence-electron chi connectivity index (χ2n) is 4.89. The number of rotatable bonds is 3. The van der Waals surface area contributed by atoms with Crippen LogP contribution < -0.4 is 5.73 Å². The van der Waals surface area contributed by atoms with Gasteiger partial charge in [-0.2, -0.15) is 5.10 Å². The Morgan fingerprint density at radius 3 is 2.68 bits per heavy atom. The molecule has 1 heterocycles. The van der Waals surface area contributed by atoms with E-state index in [9.17, 15) is 4.79 Å². The van der Waals surface area contributed by atoms with Crippen LogP contribution in [0.4, 0.5) is 5.69 Å². The van der Waals surface area contributed by atoms with Crippen molar-refractivity contribution in [3.05, 3.63) is 53.7 Å². The molecule has 1 aromatic heterocycles. The van der Waals surface area contributed by atoms with Crippen LogP contribution in [0.3, 0.4) is 0 Å². The smallest absolute Gasteiger partial charge is 0.340 e. The molecule has 0 bridgehead atoms. The third-order valence-corrected chi connectivity index (χ3v) is 3.46. The van der Waals surface area contributed by atoms with Crippen molar-refractivity contribution in [3.63, 3.8) is 0 Å². The quantitative estimate of drug-likeness (QED) is 0.569. The van der Waals surface area contributed by atoms with Gasteiger partial charge in [0.05, 0.1) is 30.5 Å². The number of nitrogens with two attached hydrogens (primary N) is 1. The monoisotopic (exact) mass is 297 g/mol. The van der Waals surface area contributed by atoms with E-state index < -0.39 is 5.97 Å². The van der Waals surface area contributed by atoms with Gasteiger partial charge in [0.25, 0.3) is 0 Å². The van der Waals surface area contributed by atoms with E-state index in [2.05, 4.69) is 5.10 Å². The first-order chi connectivity index (χ1) is 10.6. The van der Waals surface area contributed by atoms with E-state index in [1.165, 1.54) is 7.11 Å². The molecule has 3 aromatic rings. The number of carbonyl (C=O) groups excluding carboxylic acids is 1. The number of hydrogen-bond donors (Lipinski definition) is 2. The molecular formula is C16H15N3O3. The van der Waals surface area contributed by atoms with E-state index >= 15 is 0 Å². The van der Waals surface area contributed by atoms with Crippen molar-refractivity contribution in [2.24, 2.45) is 0 Å². The first-order valence-electron chi connectivity index (χ1n) is 6.70. The number of carbonyl (C=O) groups is 1. The minimum atomic E-state index is -0.485. The summed E-state index contributed by atoms with van der Waals surface area (Å²) in [5, 5.41) is 14.3. The van der Waals surface area contributed by atoms with E-state index in [0.717, 1.165) is 16.6 Å². The molecule has 0 unspecified atom stereocenters. The molecule has 0 aliphatic rings. The van der Waals surface area contributed by atoms with Crippen LogP contribution in [0.25, 0.3) is 16.6 Å². The van der Waals surface area contributed by atoms with Gasteiger partial charge in [-0.15, -0.1) is 0 Å². The Morgan fingerprint density at radius 1 is 1.32 bits per heavy atom. The van der Waals surface area contributed by atoms with Gasteiger partial charge < -0.3 is 15.6 Å². The molecule has 3 rings (SSSR count). The highest BCUT2D eigenvalue weighted by Crippen LogP contribution is 2.23. The molecule has 6 heteroatoms. The number of nitrogens with zero attached hydrogens (tertiary/aromatic N) is 2. The summed E-state index contributed by atoms with van der Waals surface area (Å²) in [6.45, 7) is 0.000383. The number of methoxy groups -OCH3 is 1. The summed E-state index contributed by atoms with van der Waals surface area (Å²) in [6.07, 6.45) is 1.83. The van der Waals surface area contributed by atoms with Gasteiger partial charge in [0.1, 0.15) is 0 Å². The van der Waals surface area contributed by atoms with E-state index in [1.807, 2.05) is 30.5 Å². The van der Waals surface area contributed by atoms with E-state index in [0.29, 0.717) is 16.8 Å². The molecule has 0 atom stereocenters. The summed E-state index contributed by atoms with van der Waals surface area (Å²) in [6, 6.07) is 10.7. The van der Waals surface area contributed by atoms with Gasteiger partial charge in [-0.25, -0.2) is 9.48 Å². The first-order valence-corrected chi connectivity index (χ1v) is 6.70. The van der Waals surface area contributed by atoms with Crippen LogP contribution in [0.1, 0.15) is 15.9 Å². The van der Waals surface area contributed by atoms with Crippen molar-refractivity contribution in [2.75, 3.05) is 12.8 Å². The number of hydrogen-bond acceptors (Lipinski definition) is 5. The number of benzene rings is 2. The van der Waals surface area contributed by atoms with Crippen molar-refractivity contribution < 1.29 is 14.6 Å². The number of aliphatic hydroxyl groups excluding tert-OH is 1. The molecule has 0 aliphatic heterocycles. The Kier molecular flexibility index (Phi) is 3.52. The van der Waals surface area contributed by atoms with Crippen LogP contribution >= 0.6 is 0 Å². The van der Waals surface area contributed by atoms with Crippen molar-refractivity contribution in [1.82, 2.24) is 9.78 Å². The standard InChI is InChI=1S/C16H15N3O3/c1-22-16(21)13-7-15-11(6-14(13)17)8-19(18-15)12-4-2-10(9-20)3-5-12/h2-8,20H,9,17H2,1H3. The van der Waals surface area contributed by atoms with Crippen molar-refractivity contribution in [1.29, 1.82) is 0 Å². The number of esters is 1. The van der Waals surface area contributed by atoms with Crippen molar-refractivity contribution in [2.45, 2.75) is 6.61 Å². The number of nitrogen functional groups attached to an aromatic ring is 1. The van der Waals surface area contributed by atoms with Crippen LogP contribution in [0, 0.1) is 0 Å². The number of aromatic nitrogens is 2. The molecule has 6 nitrogen and oxygen atoms in total. The van der Waals surface area contributed by atoms with E-state index in [4.69, 9.17) is 15.6 Å². The lowest BCUT2D eigenvalue weighted by molar-refractivity contribution is 0.0602. The molecule has 0 fully saturated rings. The molecule has 0 amide bonds. The molecule has 22 heavy (non-hydrogen) atoms. The lowest BCUT2D eigenvalue weighted by Crippen LogP contribution is -2.05. The molecule has 0 aliphatic carbocycles. The fourth-order valence-corrected chi connectivity index (χ4v) is 2.26. The fourth-order valence-electron chi connectivity index (χ4n) is 2.26. The topological polar surface area (TPSA) is 90.4 Å². The summed E-state index contributed by atoms with van der Waals surface area (Å²) in [4.78, 5) is 11.7. The largest absolute Gasteiger partial charge is 0.465 e. The van der Waals surface area contributed by atoms with Gasteiger partial charge in [0, 0.05) is 17.3 Å². The highest BCUT2D eigenvalue weighted by Gasteiger charge is 2.13. The zero-order valence-corrected chi connectivity index (χ0v) is 12.0. The summed E-state index contributed by atoms with van der Waals surface area (Å²) in [5.41, 5.74) is 8.88. The highest BCUT2D eigenvalue weighted by molar-refractivity contribution is 6.00. The summed E-state index contributed by atoms with van der Waals surface area (Å²) in [5.74, 6) is -0.485. The number of ether oxygens (including phenoxy) is 1. The second kappa shape index (κ2) is 5.50. The van der Waals surface area contributed by atoms with Crippen LogP contribution in [-0.4, -0.2) is 28.0 Å². The lowest BCUT2D eigenvalue weighted by Gasteiger charge is -2.02. The summed E-state index contributed by atoms with van der Waals surface area (Å²) < 4.78 is 6.41. The number of anilines is 1. The Hall–Kier alpha value is -2.86. The third-order valence-electron chi connectivity index (χ3n) is 3.46. The molecular weight excluding hydrogens is 282 g/mol. The average molecular weight is 297 g/mol. The molecule has 3 N–H and O–H groups in total. The Bertz CT molecular complexity index is 838. The van der Waals surface area contributed by atoms with Crippen LogP contribution in [0.5, 0.6) is 0 Å². The molecule has 0 saturated heterocycles. The van der Waals surface area contributed by atoms with Gasteiger partial charge in [0.15, 0.2) is 0 Å². The molecule has 0 radical (unpaired) electrons. The number of aliphatic hydroxyl groups is 1. The fraction of sp³-hybridized carbons (Fsp3) is 0.125. The zero-order chi connectivity index (χ0) is 15.7. The van der Waals surface area contributed by atoms with Crippen molar-refractivity contribution in [3.8, 4) is 5.69 Å². The first kappa shape index (κ1) is 14.1. The maximum atomic E-state index is 11.7. The second-order valence-corrected chi connectivity index (χ2v) is 4.89. The Labute approximate surface area is 126 Å². The van der Waals surface area contributed by atoms with Gasteiger partial charge in [-0.05, 0) is 29.8 Å². The maximum absolute atomic E-state index is 11.7. The predicted octanol–water partition coefficient (Wildman–Crippen LogP) is 1.89. The Balaban J connectivity index is 2.07. The Morgan fingerprint density at radius 2 is 2.05 bits per heavy atom. The average Bonchev–Trinajstić information content (AvgIpc) is 2.96. The van der Waals surface area contributed by atoms with Crippen LogP contribution in [0.2, 0.25) is 0 Å². The molecule has 2 aromatic carbocycles. The van der Waals surface area contributed by atoms with Gasteiger partial charge in [-0.1, -0.05) is 12.1 Å². The van der Waals surface area contributed by atoms with Gasteiger partial charge in [0.2, 0.25) is 0 Å². The maximum Gasteiger partial charge on any atom is 0.340 e. The molecule has 0 spiro atoms. The summed E-state index contributed by atoms with van der Waals surface area (Å²) >= 11 is 0. The van der Waals surface area contributed by atoms with Gasteiger partial charge >= 0.3 is 5.97 Å². The van der Waals surface area contributed by atoms with E-state index in [-0.39, 0.29) is 6.61 Å². The zero-order valence-electron chi connectivity index (χ0n) is 12.0. The normalized spacial score (nSPS) is 10.8. The third kappa shape index (κ3) is 2.40. The van der Waals surface area contributed by atoms with Gasteiger partial charge in [-0.3, -0.25) is 0 Å². The minimum Gasteiger partial charge on any atom is -0.465 e. The van der Waals surface area contributed by atoms with Crippen LogP contribution in [0.15, 0.2) is 42.6 Å². The highest BCUT2D eigenvalue weighted by atomic mass is 16.5. The number of fused-ring (bicyclic) bond motifs is 1. The summed E-state index contributed by atoms with van der Waals surface area (Å²) in [7, 11) is 1.31. The predicted molar refractivity (Wildman–Crippen MR) is 82.7 cm³/mol. The van der Waals surface area contributed by atoms with Crippen molar-refractivity contribution >= 4 is 22.6 Å².